The lowest BCUT2D eigenvalue weighted by Gasteiger charge is -2.32. The minimum absolute atomic E-state index is 0.0191. The molecule has 8 heteroatoms. The van der Waals surface area contributed by atoms with Crippen molar-refractivity contribution in [2.45, 2.75) is 38.3 Å². The lowest BCUT2D eigenvalue weighted by atomic mass is 9.93. The molecule has 4 nitrogen and oxygen atoms in total. The molecular weight excluding hydrogens is 423 g/mol. The Labute approximate surface area is 182 Å². The fraction of sp³-hybridized carbons (Fsp3) is 0.348. The number of rotatable bonds is 4. The van der Waals surface area contributed by atoms with Crippen molar-refractivity contribution in [3.63, 3.8) is 0 Å². The van der Waals surface area contributed by atoms with E-state index in [0.29, 0.717) is 17.8 Å². The van der Waals surface area contributed by atoms with Crippen LogP contribution in [0, 0.1) is 6.92 Å². The monoisotopic (exact) mass is 445 g/mol. The Morgan fingerprint density at radius 1 is 1.19 bits per heavy atom. The van der Waals surface area contributed by atoms with Gasteiger partial charge in [-0.05, 0) is 49.6 Å². The predicted molar refractivity (Wildman–Crippen MR) is 113 cm³/mol. The maximum atomic E-state index is 12.9. The summed E-state index contributed by atoms with van der Waals surface area (Å²) in [5.74, 6) is 0.157. The van der Waals surface area contributed by atoms with Gasteiger partial charge < -0.3 is 4.90 Å². The van der Waals surface area contributed by atoms with Gasteiger partial charge in [-0.1, -0.05) is 18.2 Å². The van der Waals surface area contributed by atoms with E-state index >= 15 is 0 Å². The Hall–Kier alpha value is -2.74. The molecule has 31 heavy (non-hydrogen) atoms. The first kappa shape index (κ1) is 21.5. The fourth-order valence-electron chi connectivity index (χ4n) is 3.90. The minimum Gasteiger partial charge on any atom is -0.337 e. The van der Waals surface area contributed by atoms with E-state index in [1.54, 1.807) is 5.51 Å². The van der Waals surface area contributed by atoms with Crippen molar-refractivity contribution in [2.75, 3.05) is 13.1 Å². The molecule has 1 fully saturated rings. The molecule has 1 saturated heterocycles. The molecule has 1 aliphatic heterocycles. The summed E-state index contributed by atoms with van der Waals surface area (Å²) >= 11 is 1.37. The average molecular weight is 446 g/mol. The van der Waals surface area contributed by atoms with Gasteiger partial charge in [0.05, 0.1) is 16.8 Å². The largest absolute Gasteiger partial charge is 0.416 e. The highest BCUT2D eigenvalue weighted by Gasteiger charge is 2.30. The van der Waals surface area contributed by atoms with E-state index in [0.717, 1.165) is 54.2 Å². The molecule has 0 saturated carbocycles. The summed E-state index contributed by atoms with van der Waals surface area (Å²) in [5.41, 5.74) is 4.30. The van der Waals surface area contributed by atoms with E-state index in [1.165, 1.54) is 23.5 Å². The van der Waals surface area contributed by atoms with Crippen molar-refractivity contribution in [1.29, 1.82) is 0 Å². The van der Waals surface area contributed by atoms with E-state index in [2.05, 4.69) is 4.98 Å². The van der Waals surface area contributed by atoms with Gasteiger partial charge in [-0.15, -0.1) is 11.3 Å². The number of thiazole rings is 1. The molecule has 1 amide bonds. The van der Waals surface area contributed by atoms with Gasteiger partial charge in [0, 0.05) is 36.8 Å². The molecule has 1 aromatic carbocycles. The Bertz CT molecular complexity index is 1060. The van der Waals surface area contributed by atoms with Crippen LogP contribution in [0.3, 0.4) is 0 Å². The lowest BCUT2D eigenvalue weighted by Crippen LogP contribution is -2.39. The molecule has 3 aromatic rings. The van der Waals surface area contributed by atoms with Crippen molar-refractivity contribution >= 4 is 17.2 Å². The molecule has 0 N–H and O–H groups in total. The molecular formula is C23H22F3N3OS. The van der Waals surface area contributed by atoms with E-state index in [-0.39, 0.29) is 11.8 Å². The highest BCUT2D eigenvalue weighted by Crippen LogP contribution is 2.30. The zero-order valence-corrected chi connectivity index (χ0v) is 17.8. The van der Waals surface area contributed by atoms with Gasteiger partial charge in [0.1, 0.15) is 4.88 Å². The number of hydrogen-bond donors (Lipinski definition) is 0. The maximum Gasteiger partial charge on any atom is 0.416 e. The van der Waals surface area contributed by atoms with Crippen LogP contribution in [0.25, 0.3) is 0 Å². The number of likely N-dealkylation sites (tertiary alicyclic amines) is 1. The zero-order valence-electron chi connectivity index (χ0n) is 17.0. The number of amides is 1. The number of alkyl halides is 3. The van der Waals surface area contributed by atoms with Crippen molar-refractivity contribution in [3.05, 3.63) is 81.1 Å². The smallest absolute Gasteiger partial charge is 0.337 e. The number of benzene rings is 1. The number of aromatic nitrogens is 2. The Morgan fingerprint density at radius 3 is 2.65 bits per heavy atom. The number of carbonyl (C=O) groups excluding carboxylic acids is 1. The first-order valence-electron chi connectivity index (χ1n) is 10.1. The van der Waals surface area contributed by atoms with Crippen LogP contribution in [0.1, 0.15) is 56.6 Å². The van der Waals surface area contributed by atoms with E-state index in [4.69, 9.17) is 4.98 Å². The van der Waals surface area contributed by atoms with Gasteiger partial charge in [-0.25, -0.2) is 4.98 Å². The van der Waals surface area contributed by atoms with Gasteiger partial charge in [0.25, 0.3) is 5.91 Å². The van der Waals surface area contributed by atoms with Crippen LogP contribution in [-0.2, 0) is 12.6 Å². The fourth-order valence-corrected chi connectivity index (χ4v) is 4.67. The van der Waals surface area contributed by atoms with Crippen molar-refractivity contribution in [3.8, 4) is 0 Å². The number of nitrogens with zero attached hydrogens (tertiary/aromatic N) is 3. The molecule has 3 heterocycles. The van der Waals surface area contributed by atoms with Crippen molar-refractivity contribution < 1.29 is 18.0 Å². The second-order valence-electron chi connectivity index (χ2n) is 7.78. The average Bonchev–Trinajstić information content (AvgIpc) is 3.19. The van der Waals surface area contributed by atoms with Crippen molar-refractivity contribution in [1.82, 2.24) is 14.9 Å². The van der Waals surface area contributed by atoms with Gasteiger partial charge in [-0.2, -0.15) is 13.2 Å². The summed E-state index contributed by atoms with van der Waals surface area (Å²) in [6, 6.07) is 11.0. The maximum absolute atomic E-state index is 12.9. The Morgan fingerprint density at radius 2 is 1.97 bits per heavy atom. The summed E-state index contributed by atoms with van der Waals surface area (Å²) in [5, 5.41) is 0. The third-order valence-electron chi connectivity index (χ3n) is 5.56. The molecule has 0 spiro atoms. The lowest BCUT2D eigenvalue weighted by molar-refractivity contribution is -0.137. The van der Waals surface area contributed by atoms with Gasteiger partial charge in [-0.3, -0.25) is 9.78 Å². The second kappa shape index (κ2) is 8.78. The van der Waals surface area contributed by atoms with Crippen LogP contribution >= 0.6 is 11.3 Å². The van der Waals surface area contributed by atoms with Crippen LogP contribution in [-0.4, -0.2) is 33.9 Å². The highest BCUT2D eigenvalue weighted by atomic mass is 32.1. The number of halogens is 3. The molecule has 4 rings (SSSR count). The topological polar surface area (TPSA) is 46.1 Å². The number of hydrogen-bond acceptors (Lipinski definition) is 4. The molecule has 1 atom stereocenters. The summed E-state index contributed by atoms with van der Waals surface area (Å²) in [6.07, 6.45) is -2.03. The van der Waals surface area contributed by atoms with Crippen LogP contribution in [0.4, 0.5) is 13.2 Å². The third-order valence-corrected chi connectivity index (χ3v) is 6.48. The first-order chi connectivity index (χ1) is 14.8. The van der Waals surface area contributed by atoms with E-state index < -0.39 is 11.7 Å². The summed E-state index contributed by atoms with van der Waals surface area (Å²) < 4.78 is 38.3. The molecule has 0 bridgehead atoms. The minimum atomic E-state index is -4.33. The molecule has 0 radical (unpaired) electrons. The number of carbonyl (C=O) groups is 1. The van der Waals surface area contributed by atoms with Gasteiger partial charge in [0.15, 0.2) is 0 Å². The highest BCUT2D eigenvalue weighted by molar-refractivity contribution is 7.11. The predicted octanol–water partition coefficient (Wildman–Crippen LogP) is 5.48. The molecule has 1 aliphatic rings. The zero-order chi connectivity index (χ0) is 22.0. The molecule has 2 aromatic heterocycles. The Kier molecular flexibility index (Phi) is 6.09. The van der Waals surface area contributed by atoms with Crippen LogP contribution in [0.15, 0.2) is 48.0 Å². The van der Waals surface area contributed by atoms with E-state index in [9.17, 15) is 18.0 Å². The van der Waals surface area contributed by atoms with Crippen LogP contribution in [0.2, 0.25) is 0 Å². The molecule has 0 aliphatic carbocycles. The normalized spacial score (nSPS) is 17.0. The van der Waals surface area contributed by atoms with E-state index in [1.807, 2.05) is 30.0 Å². The summed E-state index contributed by atoms with van der Waals surface area (Å²) in [7, 11) is 0. The second-order valence-corrected chi connectivity index (χ2v) is 8.64. The quantitative estimate of drug-likeness (QED) is 0.535. The number of piperidine rings is 1. The Balaban J connectivity index is 1.46. The SMILES string of the molecule is Cc1ncsc1C(=O)N1CCC[C@@H](c2cccc(Cc3ccc(C(F)(F)F)cc3)n2)C1. The van der Waals surface area contributed by atoms with Crippen molar-refractivity contribution in [2.24, 2.45) is 0 Å². The first-order valence-corrected chi connectivity index (χ1v) is 11.0. The molecule has 162 valence electrons. The summed E-state index contributed by atoms with van der Waals surface area (Å²) in [4.78, 5) is 24.4. The molecule has 0 unspecified atom stereocenters. The van der Waals surface area contributed by atoms with Gasteiger partial charge >= 0.3 is 6.18 Å². The standard InChI is InChI=1S/C23H22F3N3OS/c1-15-21(31-14-27-15)22(30)29-11-3-4-17(13-29)20-6-2-5-19(28-20)12-16-7-9-18(10-8-16)23(24,25)26/h2,5-10,14,17H,3-4,11-13H2,1H3/t17-/m1/s1. The third kappa shape index (κ3) is 4.95. The number of aryl methyl sites for hydroxylation is 1. The van der Waals surface area contributed by atoms with Gasteiger partial charge in [0.2, 0.25) is 0 Å². The summed E-state index contributed by atoms with van der Waals surface area (Å²) in [6.45, 7) is 3.17. The number of pyridine rings is 1. The van der Waals surface area contributed by atoms with Crippen LogP contribution in [0.5, 0.6) is 0 Å². The van der Waals surface area contributed by atoms with Crippen LogP contribution < -0.4 is 0 Å².